The van der Waals surface area contributed by atoms with Crippen LogP contribution in [0.15, 0.2) is 0 Å². The topological polar surface area (TPSA) is 126 Å². The van der Waals surface area contributed by atoms with E-state index in [0.29, 0.717) is 43.3 Å². The van der Waals surface area contributed by atoms with Gasteiger partial charge in [0.15, 0.2) is 0 Å². The van der Waals surface area contributed by atoms with Crippen LogP contribution in [0, 0.1) is 0 Å². The van der Waals surface area contributed by atoms with Crippen molar-refractivity contribution < 1.29 is 61.7 Å². The molecule has 0 aromatic carbocycles. The third-order valence-corrected chi connectivity index (χ3v) is 5.55. The van der Waals surface area contributed by atoms with E-state index in [1.165, 1.54) is 6.92 Å². The van der Waals surface area contributed by atoms with Crippen molar-refractivity contribution in [2.45, 2.75) is 63.5 Å². The van der Waals surface area contributed by atoms with Gasteiger partial charge in [-0.2, -0.15) is 0 Å². The Morgan fingerprint density at radius 2 is 1.59 bits per heavy atom. The van der Waals surface area contributed by atoms with Gasteiger partial charge in [-0.3, -0.25) is 4.79 Å². The third-order valence-electron chi connectivity index (χ3n) is 4.33. The van der Waals surface area contributed by atoms with Crippen molar-refractivity contribution in [1.82, 2.24) is 5.32 Å². The van der Waals surface area contributed by atoms with Crippen molar-refractivity contribution in [2.75, 3.05) is 33.7 Å². The van der Waals surface area contributed by atoms with Crippen LogP contribution in [-0.4, -0.2) is 68.3 Å². The van der Waals surface area contributed by atoms with Crippen LogP contribution in [0.3, 0.4) is 0 Å². The molecule has 1 atom stereocenters. The van der Waals surface area contributed by atoms with Gasteiger partial charge >= 0.3 is 29.6 Å². The predicted octanol–water partition coefficient (Wildman–Crippen LogP) is -3.01. The van der Waals surface area contributed by atoms with Crippen LogP contribution in [0.1, 0.15) is 58.3 Å². The van der Waals surface area contributed by atoms with E-state index in [2.05, 4.69) is 5.32 Å². The molecule has 0 aliphatic carbocycles. The number of nitrogens with one attached hydrogen (secondary N) is 1. The Morgan fingerprint density at radius 3 is 2.15 bits per heavy atom. The van der Waals surface area contributed by atoms with E-state index in [4.69, 9.17) is 0 Å². The maximum Gasteiger partial charge on any atom is 1.00 e. The second kappa shape index (κ2) is 14.8. The average molecular weight is 417 g/mol. The first kappa shape index (κ1) is 29.0. The SMILES string of the molecule is CC(CCCCCCCC(=O)NCCC[N+](C)(C)CC(=O)[O-])S(=O)(=O)[O-].[Na+]. The van der Waals surface area contributed by atoms with Gasteiger partial charge in [-0.15, -0.1) is 0 Å². The minimum atomic E-state index is -4.17. The summed E-state index contributed by atoms with van der Waals surface area (Å²) in [5, 5.41) is 12.6. The first-order valence-electron chi connectivity index (χ1n) is 9.17. The Labute approximate surface area is 185 Å². The summed E-state index contributed by atoms with van der Waals surface area (Å²) in [4.78, 5) is 22.3. The first-order valence-corrected chi connectivity index (χ1v) is 10.6. The normalized spacial score (nSPS) is 12.9. The van der Waals surface area contributed by atoms with Crippen LogP contribution in [0.25, 0.3) is 0 Å². The Kier molecular flexibility index (Phi) is 15.9. The number of carbonyl (C=O) groups excluding carboxylic acids is 2. The molecule has 1 amide bonds. The molecule has 0 bridgehead atoms. The first-order chi connectivity index (χ1) is 11.9. The molecule has 0 saturated carbocycles. The zero-order valence-corrected chi connectivity index (χ0v) is 20.0. The molecule has 0 aromatic rings. The second-order valence-electron chi connectivity index (χ2n) is 7.50. The molecule has 0 heterocycles. The molecule has 0 aliphatic rings. The summed E-state index contributed by atoms with van der Waals surface area (Å²) in [6.07, 6.45) is 5.67. The van der Waals surface area contributed by atoms with E-state index in [0.717, 1.165) is 25.7 Å². The number of aliphatic carboxylic acids is 1. The van der Waals surface area contributed by atoms with Gasteiger partial charge in [0.05, 0.1) is 36.7 Å². The van der Waals surface area contributed by atoms with E-state index < -0.39 is 21.3 Å². The van der Waals surface area contributed by atoms with Gasteiger partial charge in [0.2, 0.25) is 5.91 Å². The smallest absolute Gasteiger partial charge is 0.748 e. The molecule has 8 nitrogen and oxygen atoms in total. The molecule has 0 aromatic heterocycles. The molecular formula is C17H33N2NaO6S. The van der Waals surface area contributed by atoms with Crippen molar-refractivity contribution >= 4 is 22.0 Å². The minimum Gasteiger partial charge on any atom is -0.748 e. The van der Waals surface area contributed by atoms with Gasteiger partial charge in [-0.25, -0.2) is 8.42 Å². The second-order valence-corrected chi connectivity index (χ2v) is 9.29. The number of nitrogens with zero attached hydrogens (tertiary/aromatic N) is 1. The number of hydrogen-bond donors (Lipinski definition) is 1. The Hall–Kier alpha value is -0.190. The molecule has 0 fully saturated rings. The largest absolute Gasteiger partial charge is 1.00 e. The summed E-state index contributed by atoms with van der Waals surface area (Å²) in [7, 11) is -0.553. The summed E-state index contributed by atoms with van der Waals surface area (Å²) < 4.78 is 32.6. The Bertz CT molecular complexity index is 540. The number of unbranched alkanes of at least 4 members (excludes halogenated alkanes) is 4. The van der Waals surface area contributed by atoms with Crippen molar-refractivity contribution in [3.63, 3.8) is 0 Å². The van der Waals surface area contributed by atoms with Crippen LogP contribution in [0.5, 0.6) is 0 Å². The van der Waals surface area contributed by atoms with Gasteiger partial charge < -0.3 is 24.3 Å². The fraction of sp³-hybridized carbons (Fsp3) is 0.882. The molecule has 0 spiro atoms. The molecule has 0 rings (SSSR count). The summed E-state index contributed by atoms with van der Waals surface area (Å²) in [6, 6.07) is 0. The number of carbonyl (C=O) groups is 2. The maximum atomic E-state index is 11.7. The number of amides is 1. The summed E-state index contributed by atoms with van der Waals surface area (Å²) >= 11 is 0. The van der Waals surface area contributed by atoms with Crippen LogP contribution >= 0.6 is 0 Å². The molecule has 154 valence electrons. The number of rotatable bonds is 15. The van der Waals surface area contributed by atoms with Crippen molar-refractivity contribution in [3.8, 4) is 0 Å². The summed E-state index contributed by atoms with van der Waals surface area (Å²) in [6.45, 7) is 2.56. The minimum absolute atomic E-state index is 0. The van der Waals surface area contributed by atoms with E-state index in [9.17, 15) is 27.7 Å². The molecule has 10 heteroatoms. The molecule has 0 saturated heterocycles. The average Bonchev–Trinajstić information content (AvgIpc) is 2.48. The molecular weight excluding hydrogens is 383 g/mol. The van der Waals surface area contributed by atoms with Gasteiger partial charge in [0.25, 0.3) is 0 Å². The van der Waals surface area contributed by atoms with E-state index in [1.54, 1.807) is 0 Å². The molecule has 27 heavy (non-hydrogen) atoms. The fourth-order valence-electron chi connectivity index (χ4n) is 2.64. The van der Waals surface area contributed by atoms with Gasteiger partial charge in [0.1, 0.15) is 6.54 Å². The van der Waals surface area contributed by atoms with E-state index >= 15 is 0 Å². The maximum absolute atomic E-state index is 11.7. The Balaban J connectivity index is 0. The number of carboxylic acids is 1. The van der Waals surface area contributed by atoms with Gasteiger partial charge in [-0.1, -0.05) is 25.7 Å². The number of hydrogen-bond acceptors (Lipinski definition) is 6. The number of carboxylic acid groups (broad SMARTS) is 1. The molecule has 0 radical (unpaired) electrons. The monoisotopic (exact) mass is 416 g/mol. The van der Waals surface area contributed by atoms with Crippen molar-refractivity contribution in [1.29, 1.82) is 0 Å². The quantitative estimate of drug-likeness (QED) is 0.131. The zero-order valence-electron chi connectivity index (χ0n) is 17.2. The zero-order chi connectivity index (χ0) is 20.2. The van der Waals surface area contributed by atoms with E-state index in [1.807, 2.05) is 14.1 Å². The van der Waals surface area contributed by atoms with E-state index in [-0.39, 0.29) is 42.0 Å². The predicted molar refractivity (Wildman–Crippen MR) is 96.0 cm³/mol. The van der Waals surface area contributed by atoms with Crippen molar-refractivity contribution in [3.05, 3.63) is 0 Å². The summed E-state index contributed by atoms with van der Waals surface area (Å²) in [5.74, 6) is -1.09. The van der Waals surface area contributed by atoms with Crippen LogP contribution in [-0.2, 0) is 19.7 Å². The number of likely N-dealkylation sites (N-methyl/N-ethyl adjacent to an activating group) is 1. The third kappa shape index (κ3) is 17.6. The van der Waals surface area contributed by atoms with Crippen LogP contribution in [0.4, 0.5) is 0 Å². The fourth-order valence-corrected chi connectivity index (χ4v) is 3.10. The van der Waals surface area contributed by atoms with Crippen LogP contribution < -0.4 is 40.0 Å². The molecule has 1 unspecified atom stereocenters. The van der Waals surface area contributed by atoms with Gasteiger partial charge in [0, 0.05) is 24.6 Å². The van der Waals surface area contributed by atoms with Crippen molar-refractivity contribution in [2.24, 2.45) is 0 Å². The molecule has 0 aliphatic heterocycles. The Morgan fingerprint density at radius 1 is 1.04 bits per heavy atom. The van der Waals surface area contributed by atoms with Crippen LogP contribution in [0.2, 0.25) is 0 Å². The standard InChI is InChI=1S/C17H34N2O6S.Na/c1-15(26(23,24)25)10-7-5-4-6-8-11-16(20)18-12-9-13-19(2,3)14-17(21)22;/h15H,4-14H2,1-3H3,(H2-,18,20,21,22,23,24,25);/q;+1/p-1. The number of quaternary nitrogens is 1. The van der Waals surface area contributed by atoms with Gasteiger partial charge in [-0.05, 0) is 19.8 Å². The summed E-state index contributed by atoms with van der Waals surface area (Å²) in [5.41, 5.74) is 0. The molecule has 1 N–H and O–H groups in total.